The Kier molecular flexibility index (Phi) is 4.75. The third kappa shape index (κ3) is 3.20. The van der Waals surface area contributed by atoms with Gasteiger partial charge in [-0.2, -0.15) is 0 Å². The Labute approximate surface area is 252 Å². The van der Waals surface area contributed by atoms with Crippen LogP contribution in [0.1, 0.15) is 0 Å². The molecular formula is C42H24O2. The van der Waals surface area contributed by atoms with Crippen molar-refractivity contribution in [3.63, 3.8) is 0 Å². The first kappa shape index (κ1) is 23.7. The standard InChI is InChI=1S/C42H24O2/c1-2-11-26-24-27(21-20-25(26)10-1)38-29-13-3-5-15-31(29)39(32-16-6-4-14-30(32)38)34-17-9-19-36-40(34)41-37(43-36)23-22-33-28-12-7-8-18-35(28)44-42(33)41/h1-24H. The third-order valence-corrected chi connectivity index (χ3v) is 9.24. The van der Waals surface area contributed by atoms with Gasteiger partial charge in [0.05, 0.1) is 5.39 Å². The van der Waals surface area contributed by atoms with Crippen LogP contribution in [0.3, 0.4) is 0 Å². The molecule has 0 saturated carbocycles. The molecule has 10 rings (SSSR count). The van der Waals surface area contributed by atoms with E-state index < -0.39 is 0 Å². The molecule has 2 aromatic heterocycles. The number of rotatable bonds is 2. The summed E-state index contributed by atoms with van der Waals surface area (Å²) in [5.74, 6) is 0. The Morgan fingerprint density at radius 1 is 0.341 bits per heavy atom. The molecule has 2 heterocycles. The fraction of sp³-hybridized carbons (Fsp3) is 0. The van der Waals surface area contributed by atoms with Crippen LogP contribution in [0.15, 0.2) is 154 Å². The number of para-hydroxylation sites is 1. The Morgan fingerprint density at radius 3 is 1.73 bits per heavy atom. The van der Waals surface area contributed by atoms with Gasteiger partial charge in [-0.3, -0.25) is 0 Å². The van der Waals surface area contributed by atoms with Crippen molar-refractivity contribution in [3.05, 3.63) is 146 Å². The summed E-state index contributed by atoms with van der Waals surface area (Å²) >= 11 is 0. The molecule has 0 spiro atoms. The second-order valence-electron chi connectivity index (χ2n) is 11.6. The van der Waals surface area contributed by atoms with Crippen LogP contribution in [0.5, 0.6) is 0 Å². The molecule has 0 bridgehead atoms. The zero-order valence-electron chi connectivity index (χ0n) is 23.7. The van der Waals surface area contributed by atoms with Gasteiger partial charge in [0.25, 0.3) is 0 Å². The maximum absolute atomic E-state index is 6.55. The molecule has 0 fully saturated rings. The molecule has 0 unspecified atom stereocenters. The maximum atomic E-state index is 6.55. The first-order chi connectivity index (χ1) is 21.8. The van der Waals surface area contributed by atoms with Crippen molar-refractivity contribution in [2.45, 2.75) is 0 Å². The lowest BCUT2D eigenvalue weighted by Gasteiger charge is -2.18. The van der Waals surface area contributed by atoms with E-state index in [-0.39, 0.29) is 0 Å². The van der Waals surface area contributed by atoms with E-state index in [2.05, 4.69) is 133 Å². The Morgan fingerprint density at radius 2 is 0.955 bits per heavy atom. The molecule has 2 nitrogen and oxygen atoms in total. The second-order valence-corrected chi connectivity index (χ2v) is 11.6. The minimum Gasteiger partial charge on any atom is -0.456 e. The van der Waals surface area contributed by atoms with Gasteiger partial charge in [0, 0.05) is 16.2 Å². The molecular weight excluding hydrogens is 536 g/mol. The van der Waals surface area contributed by atoms with Gasteiger partial charge in [-0.15, -0.1) is 0 Å². The first-order valence-electron chi connectivity index (χ1n) is 15.0. The molecule has 0 N–H and O–H groups in total. The van der Waals surface area contributed by atoms with Gasteiger partial charge in [-0.25, -0.2) is 0 Å². The molecule has 44 heavy (non-hydrogen) atoms. The highest BCUT2D eigenvalue weighted by Crippen LogP contribution is 2.48. The lowest BCUT2D eigenvalue weighted by molar-refractivity contribution is 0.663. The van der Waals surface area contributed by atoms with Crippen LogP contribution in [-0.4, -0.2) is 0 Å². The number of hydrogen-bond acceptors (Lipinski definition) is 2. The van der Waals surface area contributed by atoms with Crippen LogP contribution in [0.25, 0.3) is 98.4 Å². The van der Waals surface area contributed by atoms with Crippen molar-refractivity contribution in [1.82, 2.24) is 0 Å². The summed E-state index contributed by atoms with van der Waals surface area (Å²) in [6.07, 6.45) is 0. The van der Waals surface area contributed by atoms with E-state index in [0.29, 0.717) is 0 Å². The number of hydrogen-bond donors (Lipinski definition) is 0. The normalized spacial score (nSPS) is 12.1. The van der Waals surface area contributed by atoms with Crippen LogP contribution in [-0.2, 0) is 0 Å². The first-order valence-corrected chi connectivity index (χ1v) is 15.0. The van der Waals surface area contributed by atoms with Gasteiger partial charge in [0.2, 0.25) is 0 Å². The third-order valence-electron chi connectivity index (χ3n) is 9.24. The molecule has 0 amide bonds. The monoisotopic (exact) mass is 560 g/mol. The van der Waals surface area contributed by atoms with E-state index in [1.807, 2.05) is 12.1 Å². The summed E-state index contributed by atoms with van der Waals surface area (Å²) in [6.45, 7) is 0. The highest BCUT2D eigenvalue weighted by Gasteiger charge is 2.22. The summed E-state index contributed by atoms with van der Waals surface area (Å²) in [5, 5.41) is 11.7. The van der Waals surface area contributed by atoms with Crippen molar-refractivity contribution < 1.29 is 8.83 Å². The Balaban J connectivity index is 1.37. The fourth-order valence-corrected chi connectivity index (χ4v) is 7.37. The lowest BCUT2D eigenvalue weighted by Crippen LogP contribution is -1.91. The van der Waals surface area contributed by atoms with Crippen LogP contribution < -0.4 is 0 Å². The van der Waals surface area contributed by atoms with Crippen LogP contribution >= 0.6 is 0 Å². The minimum atomic E-state index is 0.834. The van der Waals surface area contributed by atoms with Gasteiger partial charge < -0.3 is 8.83 Å². The van der Waals surface area contributed by atoms with E-state index in [1.165, 1.54) is 49.0 Å². The molecule has 0 aliphatic rings. The van der Waals surface area contributed by atoms with E-state index >= 15 is 0 Å². The molecule has 10 aromatic rings. The Hall–Kier alpha value is -5.86. The van der Waals surface area contributed by atoms with Crippen LogP contribution in [0.4, 0.5) is 0 Å². The summed E-state index contributed by atoms with van der Waals surface area (Å²) in [6, 6.07) is 51.9. The average molecular weight is 561 g/mol. The highest BCUT2D eigenvalue weighted by molar-refractivity contribution is 6.29. The van der Waals surface area contributed by atoms with Crippen molar-refractivity contribution >= 4 is 76.2 Å². The van der Waals surface area contributed by atoms with E-state index in [9.17, 15) is 0 Å². The maximum Gasteiger partial charge on any atom is 0.147 e. The summed E-state index contributed by atoms with van der Waals surface area (Å²) in [4.78, 5) is 0. The zero-order valence-corrected chi connectivity index (χ0v) is 23.7. The number of furan rings is 2. The van der Waals surface area contributed by atoms with E-state index in [0.717, 1.165) is 49.4 Å². The molecule has 0 aliphatic heterocycles. The van der Waals surface area contributed by atoms with Gasteiger partial charge in [0.1, 0.15) is 22.3 Å². The predicted octanol–water partition coefficient (Wildman–Crippen LogP) is 12.3. The molecule has 0 atom stereocenters. The van der Waals surface area contributed by atoms with E-state index in [1.54, 1.807) is 0 Å². The SMILES string of the molecule is c1ccc2cc(-c3c4ccccc4c(-c4cccc5oc6ccc7c8ccccc8oc7c6c45)c4ccccc34)ccc2c1. The molecule has 8 aromatic carbocycles. The summed E-state index contributed by atoms with van der Waals surface area (Å²) < 4.78 is 13.1. The molecule has 204 valence electrons. The second kappa shape index (κ2) is 8.82. The summed E-state index contributed by atoms with van der Waals surface area (Å²) in [5.41, 5.74) is 8.29. The smallest absolute Gasteiger partial charge is 0.147 e. The minimum absolute atomic E-state index is 0.834. The molecule has 0 radical (unpaired) electrons. The van der Waals surface area contributed by atoms with Crippen molar-refractivity contribution in [2.24, 2.45) is 0 Å². The average Bonchev–Trinajstić information content (AvgIpc) is 3.65. The van der Waals surface area contributed by atoms with Gasteiger partial charge in [-0.05, 0) is 84.9 Å². The van der Waals surface area contributed by atoms with Crippen LogP contribution in [0.2, 0.25) is 0 Å². The van der Waals surface area contributed by atoms with Crippen molar-refractivity contribution in [3.8, 4) is 22.3 Å². The van der Waals surface area contributed by atoms with E-state index in [4.69, 9.17) is 8.83 Å². The fourth-order valence-electron chi connectivity index (χ4n) is 7.37. The van der Waals surface area contributed by atoms with Gasteiger partial charge in [-0.1, -0.05) is 115 Å². The molecule has 0 saturated heterocycles. The predicted molar refractivity (Wildman–Crippen MR) is 184 cm³/mol. The Bertz CT molecular complexity index is 2720. The van der Waals surface area contributed by atoms with Crippen molar-refractivity contribution in [1.29, 1.82) is 0 Å². The molecule has 2 heteroatoms. The lowest BCUT2D eigenvalue weighted by atomic mass is 9.84. The number of fused-ring (bicyclic) bond motifs is 10. The largest absolute Gasteiger partial charge is 0.456 e. The zero-order chi connectivity index (χ0) is 28.8. The summed E-state index contributed by atoms with van der Waals surface area (Å²) in [7, 11) is 0. The number of benzene rings is 8. The quantitative estimate of drug-likeness (QED) is 0.197. The highest BCUT2D eigenvalue weighted by atomic mass is 16.3. The van der Waals surface area contributed by atoms with Crippen LogP contribution in [0, 0.1) is 0 Å². The topological polar surface area (TPSA) is 26.3 Å². The molecule has 0 aliphatic carbocycles. The van der Waals surface area contributed by atoms with Crippen molar-refractivity contribution in [2.75, 3.05) is 0 Å². The van der Waals surface area contributed by atoms with Gasteiger partial charge in [0.15, 0.2) is 0 Å². The van der Waals surface area contributed by atoms with Gasteiger partial charge >= 0.3 is 0 Å².